The van der Waals surface area contributed by atoms with Crippen LogP contribution in [0.2, 0.25) is 10.0 Å². The van der Waals surface area contributed by atoms with Gasteiger partial charge in [-0.05, 0) is 54.7 Å². The van der Waals surface area contributed by atoms with Gasteiger partial charge >= 0.3 is 0 Å². The molecule has 2 N–H and O–H groups in total. The summed E-state index contributed by atoms with van der Waals surface area (Å²) in [6, 6.07) is 24.7. The Labute approximate surface area is 195 Å². The van der Waals surface area contributed by atoms with Crippen LogP contribution in [0.4, 0.5) is 5.69 Å². The Hall–Kier alpha value is -3.19. The topological polar surface area (TPSA) is 54.2 Å². The summed E-state index contributed by atoms with van der Waals surface area (Å²) in [5.74, 6) is 0. The van der Waals surface area contributed by atoms with E-state index in [-0.39, 0.29) is 0 Å². The van der Waals surface area contributed by atoms with Gasteiger partial charge < -0.3 is 5.32 Å². The number of aromatic nitrogens is 2. The highest BCUT2D eigenvalue weighted by molar-refractivity contribution is 7.80. The zero-order valence-electron chi connectivity index (χ0n) is 16.2. The highest BCUT2D eigenvalue weighted by Crippen LogP contribution is 2.31. The number of benzene rings is 3. The van der Waals surface area contributed by atoms with Gasteiger partial charge in [-0.3, -0.25) is 5.43 Å². The number of anilines is 1. The number of rotatable bonds is 5. The lowest BCUT2D eigenvalue weighted by atomic mass is 10.1. The first-order valence-corrected chi connectivity index (χ1v) is 10.5. The molecular weight excluding hydrogens is 449 g/mol. The standard InChI is InChI=1S/C23H17Cl2N5S/c24-17-11-12-20(21(25)13-17)22-16(15-30(29-22)19-9-5-2-6-10-19)14-26-28-23(31)27-18-7-3-1-4-8-18/h1-15H,(H2,27,28,31)/b26-14+. The molecule has 4 rings (SSSR count). The second-order valence-electron chi connectivity index (χ2n) is 6.53. The van der Waals surface area contributed by atoms with E-state index in [2.05, 4.69) is 15.8 Å². The van der Waals surface area contributed by atoms with Crippen LogP contribution in [0, 0.1) is 0 Å². The van der Waals surface area contributed by atoms with Crippen LogP contribution in [-0.2, 0) is 0 Å². The molecule has 1 heterocycles. The van der Waals surface area contributed by atoms with Crippen LogP contribution in [0.3, 0.4) is 0 Å². The van der Waals surface area contributed by atoms with Gasteiger partial charge in [0.1, 0.15) is 5.69 Å². The second kappa shape index (κ2) is 9.75. The fourth-order valence-electron chi connectivity index (χ4n) is 2.93. The van der Waals surface area contributed by atoms with E-state index in [1.807, 2.05) is 72.9 Å². The van der Waals surface area contributed by atoms with E-state index in [0.29, 0.717) is 20.9 Å². The third-order valence-corrected chi connectivity index (χ3v) is 5.09. The van der Waals surface area contributed by atoms with E-state index in [1.54, 1.807) is 23.0 Å². The fourth-order valence-corrected chi connectivity index (χ4v) is 3.60. The average molecular weight is 466 g/mol. The van der Waals surface area contributed by atoms with E-state index < -0.39 is 0 Å². The lowest BCUT2D eigenvalue weighted by Crippen LogP contribution is -2.23. The summed E-state index contributed by atoms with van der Waals surface area (Å²) in [7, 11) is 0. The Balaban J connectivity index is 1.61. The van der Waals surface area contributed by atoms with Gasteiger partial charge in [-0.1, -0.05) is 59.6 Å². The maximum Gasteiger partial charge on any atom is 0.191 e. The molecule has 0 amide bonds. The number of hydrogen-bond donors (Lipinski definition) is 2. The van der Waals surface area contributed by atoms with Gasteiger partial charge in [0.15, 0.2) is 5.11 Å². The van der Waals surface area contributed by atoms with E-state index in [9.17, 15) is 0 Å². The van der Waals surface area contributed by atoms with Crippen molar-refractivity contribution in [2.45, 2.75) is 0 Å². The molecule has 0 unspecified atom stereocenters. The van der Waals surface area contributed by atoms with Crippen molar-refractivity contribution in [1.82, 2.24) is 15.2 Å². The lowest BCUT2D eigenvalue weighted by molar-refractivity contribution is 0.884. The number of hydrogen-bond acceptors (Lipinski definition) is 3. The minimum absolute atomic E-state index is 0.379. The van der Waals surface area contributed by atoms with Crippen molar-refractivity contribution < 1.29 is 0 Å². The Bertz CT molecular complexity index is 1220. The summed E-state index contributed by atoms with van der Waals surface area (Å²) < 4.78 is 1.78. The van der Waals surface area contributed by atoms with Crippen LogP contribution in [-0.4, -0.2) is 21.1 Å². The van der Waals surface area contributed by atoms with E-state index in [1.165, 1.54) is 0 Å². The molecule has 0 aliphatic heterocycles. The number of nitrogens with one attached hydrogen (secondary N) is 2. The molecule has 0 radical (unpaired) electrons. The van der Waals surface area contributed by atoms with Gasteiger partial charge in [0, 0.05) is 28.0 Å². The van der Waals surface area contributed by atoms with Crippen LogP contribution < -0.4 is 10.7 Å². The number of para-hydroxylation sites is 2. The third-order valence-electron chi connectivity index (χ3n) is 4.35. The van der Waals surface area contributed by atoms with Crippen LogP contribution >= 0.6 is 35.4 Å². The fraction of sp³-hybridized carbons (Fsp3) is 0. The van der Waals surface area contributed by atoms with Gasteiger partial charge in [0.2, 0.25) is 0 Å². The first-order chi connectivity index (χ1) is 15.1. The SMILES string of the molecule is S=C(N/N=C/c1cn(-c2ccccc2)nc1-c1ccc(Cl)cc1Cl)Nc1ccccc1. The van der Waals surface area contributed by atoms with Crippen LogP contribution in [0.25, 0.3) is 16.9 Å². The van der Waals surface area contributed by atoms with Gasteiger partial charge in [-0.2, -0.15) is 10.2 Å². The minimum atomic E-state index is 0.379. The van der Waals surface area contributed by atoms with Crippen molar-refractivity contribution in [3.05, 3.63) is 101 Å². The molecule has 4 aromatic rings. The highest BCUT2D eigenvalue weighted by atomic mass is 35.5. The summed E-state index contributed by atoms with van der Waals surface area (Å²) >= 11 is 17.8. The minimum Gasteiger partial charge on any atom is -0.331 e. The maximum absolute atomic E-state index is 6.44. The molecule has 0 saturated heterocycles. The van der Waals surface area contributed by atoms with Crippen molar-refractivity contribution in [2.75, 3.05) is 5.32 Å². The number of hydrazone groups is 1. The molecule has 0 bridgehead atoms. The molecule has 31 heavy (non-hydrogen) atoms. The summed E-state index contributed by atoms with van der Waals surface area (Å²) in [6.45, 7) is 0. The van der Waals surface area contributed by atoms with Crippen LogP contribution in [0.5, 0.6) is 0 Å². The van der Waals surface area contributed by atoms with E-state index in [4.69, 9.17) is 40.5 Å². The number of thiocarbonyl (C=S) groups is 1. The molecule has 0 aliphatic rings. The molecule has 0 saturated carbocycles. The molecule has 3 aromatic carbocycles. The Morgan fingerprint density at radius 3 is 2.39 bits per heavy atom. The highest BCUT2D eigenvalue weighted by Gasteiger charge is 2.14. The molecular formula is C23H17Cl2N5S. The largest absolute Gasteiger partial charge is 0.331 e. The summed E-state index contributed by atoms with van der Waals surface area (Å²) in [4.78, 5) is 0. The van der Waals surface area contributed by atoms with Gasteiger partial charge in [-0.25, -0.2) is 4.68 Å². The van der Waals surface area contributed by atoms with E-state index >= 15 is 0 Å². The molecule has 1 aromatic heterocycles. The Morgan fingerprint density at radius 1 is 0.968 bits per heavy atom. The summed E-state index contributed by atoms with van der Waals surface area (Å²) in [5.41, 5.74) is 6.83. The lowest BCUT2D eigenvalue weighted by Gasteiger charge is -2.06. The van der Waals surface area contributed by atoms with Crippen molar-refractivity contribution in [2.24, 2.45) is 5.10 Å². The Morgan fingerprint density at radius 2 is 1.68 bits per heavy atom. The van der Waals surface area contributed by atoms with Crippen molar-refractivity contribution in [3.63, 3.8) is 0 Å². The molecule has 0 atom stereocenters. The van der Waals surface area contributed by atoms with Gasteiger partial charge in [-0.15, -0.1) is 0 Å². The van der Waals surface area contributed by atoms with Crippen molar-refractivity contribution in [3.8, 4) is 16.9 Å². The first-order valence-electron chi connectivity index (χ1n) is 9.36. The Kier molecular flexibility index (Phi) is 6.62. The predicted molar refractivity (Wildman–Crippen MR) is 132 cm³/mol. The molecule has 154 valence electrons. The maximum atomic E-state index is 6.44. The number of nitrogens with zero attached hydrogens (tertiary/aromatic N) is 3. The zero-order valence-corrected chi connectivity index (χ0v) is 18.5. The average Bonchev–Trinajstić information content (AvgIpc) is 3.19. The van der Waals surface area contributed by atoms with Crippen molar-refractivity contribution >= 4 is 52.4 Å². The molecule has 0 fully saturated rings. The zero-order chi connectivity index (χ0) is 21.6. The van der Waals surface area contributed by atoms with Gasteiger partial charge in [0.25, 0.3) is 0 Å². The third kappa shape index (κ3) is 5.30. The van der Waals surface area contributed by atoms with E-state index in [0.717, 1.165) is 22.5 Å². The second-order valence-corrected chi connectivity index (χ2v) is 7.78. The number of halogens is 2. The predicted octanol–water partition coefficient (Wildman–Crippen LogP) is 6.17. The normalized spacial score (nSPS) is 10.9. The van der Waals surface area contributed by atoms with Gasteiger partial charge in [0.05, 0.1) is 16.9 Å². The molecule has 5 nitrogen and oxygen atoms in total. The molecule has 8 heteroatoms. The summed E-state index contributed by atoms with van der Waals surface area (Å²) in [5, 5.41) is 13.5. The van der Waals surface area contributed by atoms with Crippen molar-refractivity contribution in [1.29, 1.82) is 0 Å². The van der Waals surface area contributed by atoms with Crippen LogP contribution in [0.15, 0.2) is 90.2 Å². The molecule has 0 spiro atoms. The monoisotopic (exact) mass is 465 g/mol. The smallest absolute Gasteiger partial charge is 0.191 e. The molecule has 0 aliphatic carbocycles. The quantitative estimate of drug-likeness (QED) is 0.210. The first kappa shape index (κ1) is 21.1. The van der Waals surface area contributed by atoms with Crippen LogP contribution in [0.1, 0.15) is 5.56 Å². The summed E-state index contributed by atoms with van der Waals surface area (Å²) in [6.07, 6.45) is 3.54.